The van der Waals surface area contributed by atoms with Gasteiger partial charge in [-0.2, -0.15) is 0 Å². The Labute approximate surface area is 153 Å². The Morgan fingerprint density at radius 1 is 1.04 bits per heavy atom. The van der Waals surface area contributed by atoms with E-state index >= 15 is 0 Å². The maximum atomic E-state index is 11.9. The second-order valence-electron chi connectivity index (χ2n) is 6.32. The fourth-order valence-electron chi connectivity index (χ4n) is 2.15. The predicted octanol–water partition coefficient (Wildman–Crippen LogP) is 5.17. The van der Waals surface area contributed by atoms with E-state index in [2.05, 4.69) is 21.2 Å². The van der Waals surface area contributed by atoms with Gasteiger partial charge in [0.25, 0.3) is 0 Å². The van der Waals surface area contributed by atoms with E-state index in [1.165, 1.54) is 19.3 Å². The Kier molecular flexibility index (Phi) is 10.4. The minimum Gasteiger partial charge on any atom is -0.462 e. The summed E-state index contributed by atoms with van der Waals surface area (Å²) in [4.78, 5) is 23.7. The topological polar surface area (TPSA) is 55.4 Å². The summed E-state index contributed by atoms with van der Waals surface area (Å²) in [6.07, 6.45) is 6.10. The van der Waals surface area contributed by atoms with Gasteiger partial charge < -0.3 is 10.1 Å². The van der Waals surface area contributed by atoms with Crippen molar-refractivity contribution in [2.45, 2.75) is 52.4 Å². The number of nitrogens with one attached hydrogen (secondary N) is 1. The average molecular weight is 398 g/mol. The first kappa shape index (κ1) is 20.7. The van der Waals surface area contributed by atoms with Gasteiger partial charge in [-0.05, 0) is 43.0 Å². The number of rotatable bonds is 11. The smallest absolute Gasteiger partial charge is 0.338 e. The number of halogens is 1. The van der Waals surface area contributed by atoms with Gasteiger partial charge in [0.05, 0.1) is 12.2 Å². The number of carbonyl (C=O) groups excluding carboxylic acids is 2. The van der Waals surface area contributed by atoms with Gasteiger partial charge >= 0.3 is 5.97 Å². The molecule has 0 heterocycles. The Morgan fingerprint density at radius 3 is 2.29 bits per heavy atom. The highest BCUT2D eigenvalue weighted by atomic mass is 79.9. The molecule has 4 nitrogen and oxygen atoms in total. The summed E-state index contributed by atoms with van der Waals surface area (Å²) in [6.45, 7) is 4.40. The van der Waals surface area contributed by atoms with Crippen LogP contribution in [0, 0.1) is 5.92 Å². The van der Waals surface area contributed by atoms with Crippen LogP contribution in [0.15, 0.2) is 24.3 Å². The molecule has 0 saturated carbocycles. The number of hydrogen-bond acceptors (Lipinski definition) is 3. The van der Waals surface area contributed by atoms with E-state index in [-0.39, 0.29) is 11.9 Å². The lowest BCUT2D eigenvalue weighted by molar-refractivity contribution is -0.116. The molecule has 134 valence electrons. The van der Waals surface area contributed by atoms with Gasteiger partial charge in [-0.25, -0.2) is 4.79 Å². The highest BCUT2D eigenvalue weighted by molar-refractivity contribution is 9.09. The molecule has 1 N–H and O–H groups in total. The number of unbranched alkanes of at least 4 members (excludes halogenated alkanes) is 4. The van der Waals surface area contributed by atoms with Gasteiger partial charge in [0, 0.05) is 17.4 Å². The first-order valence-electron chi connectivity index (χ1n) is 8.66. The van der Waals surface area contributed by atoms with Crippen molar-refractivity contribution in [1.82, 2.24) is 0 Å². The average Bonchev–Trinajstić information content (AvgIpc) is 2.56. The molecule has 0 aliphatic carbocycles. The van der Waals surface area contributed by atoms with Crippen molar-refractivity contribution in [3.05, 3.63) is 29.8 Å². The van der Waals surface area contributed by atoms with Crippen LogP contribution in [0.4, 0.5) is 5.69 Å². The third kappa shape index (κ3) is 9.06. The van der Waals surface area contributed by atoms with Gasteiger partial charge in [-0.1, -0.05) is 49.0 Å². The molecule has 1 rings (SSSR count). The number of esters is 1. The lowest BCUT2D eigenvalue weighted by Crippen LogP contribution is -2.12. The third-order valence-corrected chi connectivity index (χ3v) is 4.05. The zero-order chi connectivity index (χ0) is 17.8. The largest absolute Gasteiger partial charge is 0.462 e. The highest BCUT2D eigenvalue weighted by Crippen LogP contribution is 2.13. The summed E-state index contributed by atoms with van der Waals surface area (Å²) < 4.78 is 5.17. The van der Waals surface area contributed by atoms with E-state index < -0.39 is 0 Å². The number of anilines is 1. The maximum absolute atomic E-state index is 11.9. The number of benzene rings is 1. The number of hydrogen-bond donors (Lipinski definition) is 1. The van der Waals surface area contributed by atoms with Crippen molar-refractivity contribution in [2.75, 3.05) is 17.3 Å². The van der Waals surface area contributed by atoms with E-state index in [9.17, 15) is 9.59 Å². The van der Waals surface area contributed by atoms with E-state index in [1.807, 2.05) is 13.8 Å². The summed E-state index contributed by atoms with van der Waals surface area (Å²) >= 11 is 3.41. The molecule has 1 aromatic rings. The molecule has 0 radical (unpaired) electrons. The van der Waals surface area contributed by atoms with Gasteiger partial charge in [-0.3, -0.25) is 4.79 Å². The molecule has 0 saturated heterocycles. The fraction of sp³-hybridized carbons (Fsp3) is 0.579. The summed E-state index contributed by atoms with van der Waals surface area (Å²) in [6, 6.07) is 6.83. The van der Waals surface area contributed by atoms with Crippen LogP contribution in [-0.2, 0) is 9.53 Å². The van der Waals surface area contributed by atoms with Gasteiger partial charge in [0.15, 0.2) is 0 Å². The Balaban J connectivity index is 2.30. The molecule has 0 atom stereocenters. The monoisotopic (exact) mass is 397 g/mol. The number of alkyl halides is 1. The molecule has 0 bridgehead atoms. The molecule has 24 heavy (non-hydrogen) atoms. The van der Waals surface area contributed by atoms with E-state index in [0.29, 0.717) is 30.2 Å². The van der Waals surface area contributed by atoms with Gasteiger partial charge in [-0.15, -0.1) is 0 Å². The molecule has 0 unspecified atom stereocenters. The quantitative estimate of drug-likeness (QED) is 0.318. The van der Waals surface area contributed by atoms with Crippen molar-refractivity contribution in [3.63, 3.8) is 0 Å². The van der Waals surface area contributed by atoms with E-state index in [1.54, 1.807) is 24.3 Å². The van der Waals surface area contributed by atoms with Crippen LogP contribution < -0.4 is 5.32 Å². The second-order valence-corrected chi connectivity index (χ2v) is 7.12. The SMILES string of the molecule is CC(C)COC(=O)c1ccc(NC(=O)CCCCCCCBr)cc1. The zero-order valence-corrected chi connectivity index (χ0v) is 16.2. The number of carbonyl (C=O) groups is 2. The normalized spacial score (nSPS) is 10.7. The van der Waals surface area contributed by atoms with Gasteiger partial charge in [0.2, 0.25) is 5.91 Å². The van der Waals surface area contributed by atoms with Gasteiger partial charge in [0.1, 0.15) is 0 Å². The second kappa shape index (κ2) is 12.1. The van der Waals surface area contributed by atoms with Crippen molar-refractivity contribution >= 4 is 33.5 Å². The van der Waals surface area contributed by atoms with Crippen LogP contribution >= 0.6 is 15.9 Å². The number of ether oxygens (including phenoxy) is 1. The molecular formula is C19H28BrNO3. The Morgan fingerprint density at radius 2 is 1.67 bits per heavy atom. The zero-order valence-electron chi connectivity index (χ0n) is 14.6. The van der Waals surface area contributed by atoms with Crippen molar-refractivity contribution < 1.29 is 14.3 Å². The molecule has 0 aliphatic heterocycles. The standard InChI is InChI=1S/C19H28BrNO3/c1-15(2)14-24-19(23)16-9-11-17(12-10-16)21-18(22)8-6-4-3-5-7-13-20/h9-12,15H,3-8,13-14H2,1-2H3,(H,21,22). The van der Waals surface area contributed by atoms with Crippen molar-refractivity contribution in [2.24, 2.45) is 5.92 Å². The molecule has 1 aromatic carbocycles. The third-order valence-electron chi connectivity index (χ3n) is 3.49. The van der Waals surface area contributed by atoms with Crippen LogP contribution in [0.3, 0.4) is 0 Å². The molecule has 5 heteroatoms. The summed E-state index contributed by atoms with van der Waals surface area (Å²) in [5, 5.41) is 3.91. The van der Waals surface area contributed by atoms with Crippen LogP contribution in [0.5, 0.6) is 0 Å². The van der Waals surface area contributed by atoms with Crippen molar-refractivity contribution in [1.29, 1.82) is 0 Å². The molecular weight excluding hydrogens is 370 g/mol. The van der Waals surface area contributed by atoms with Crippen LogP contribution in [0.25, 0.3) is 0 Å². The predicted molar refractivity (Wildman–Crippen MR) is 102 cm³/mol. The van der Waals surface area contributed by atoms with Crippen molar-refractivity contribution in [3.8, 4) is 0 Å². The fourth-order valence-corrected chi connectivity index (χ4v) is 2.55. The van der Waals surface area contributed by atoms with Crippen LogP contribution in [-0.4, -0.2) is 23.8 Å². The first-order valence-corrected chi connectivity index (χ1v) is 9.78. The summed E-state index contributed by atoms with van der Waals surface area (Å²) in [5.74, 6) is 0.00247. The van der Waals surface area contributed by atoms with E-state index in [0.717, 1.165) is 18.2 Å². The van der Waals surface area contributed by atoms with E-state index in [4.69, 9.17) is 4.74 Å². The Bertz CT molecular complexity index is 500. The highest BCUT2D eigenvalue weighted by Gasteiger charge is 2.08. The Hall–Kier alpha value is -1.36. The first-order chi connectivity index (χ1) is 11.5. The molecule has 1 amide bonds. The summed E-state index contributed by atoms with van der Waals surface area (Å²) in [5.41, 5.74) is 1.21. The molecule has 0 spiro atoms. The van der Waals surface area contributed by atoms with Crippen LogP contribution in [0.1, 0.15) is 62.7 Å². The molecule has 0 fully saturated rings. The maximum Gasteiger partial charge on any atom is 0.338 e. The lowest BCUT2D eigenvalue weighted by Gasteiger charge is -2.08. The lowest BCUT2D eigenvalue weighted by atomic mass is 10.1. The summed E-state index contributed by atoms with van der Waals surface area (Å²) in [7, 11) is 0. The molecule has 0 aliphatic rings. The van der Waals surface area contributed by atoms with Crippen LogP contribution in [0.2, 0.25) is 0 Å². The number of amides is 1. The minimum absolute atomic E-state index is 0.0191. The molecule has 0 aromatic heterocycles. The minimum atomic E-state index is -0.329.